The fourth-order valence-electron chi connectivity index (χ4n) is 7.77. The lowest BCUT2D eigenvalue weighted by Gasteiger charge is -2.27. The average molecular weight is 818 g/mol. The molecule has 0 bridgehead atoms. The Morgan fingerprint density at radius 1 is 0.414 bits per heavy atom. The van der Waals surface area contributed by atoms with Crippen LogP contribution in [0.2, 0.25) is 0 Å². The highest BCUT2D eigenvalue weighted by molar-refractivity contribution is 5.80. The fraction of sp³-hybridized carbons (Fsp3) is 0.865. The molecule has 0 saturated heterocycles. The Balaban J connectivity index is 3.68. The lowest BCUT2D eigenvalue weighted by molar-refractivity contribution is -0.132. The molecule has 0 aliphatic rings. The molecule has 0 fully saturated rings. The molecule has 0 spiro atoms. The number of aliphatic hydroxyl groups is 4. The van der Waals surface area contributed by atoms with Gasteiger partial charge in [0.1, 0.15) is 12.2 Å². The predicted molar refractivity (Wildman–Crippen MR) is 251 cm³/mol. The summed E-state index contributed by atoms with van der Waals surface area (Å²) in [5.74, 6) is -0.597. The summed E-state index contributed by atoms with van der Waals surface area (Å²) in [4.78, 5) is 12.5. The maximum Gasteiger partial charge on any atom is 0.249 e. The molecule has 6 heteroatoms. The highest BCUT2D eigenvalue weighted by atomic mass is 16.3. The Morgan fingerprint density at radius 2 is 0.724 bits per heavy atom. The molecule has 4 unspecified atom stereocenters. The molecule has 58 heavy (non-hydrogen) atoms. The number of unbranched alkanes of at least 4 members (excludes halogenated alkanes) is 31. The van der Waals surface area contributed by atoms with Crippen LogP contribution in [0.25, 0.3) is 0 Å². The molecule has 0 heterocycles. The van der Waals surface area contributed by atoms with E-state index in [1.54, 1.807) is 0 Å². The van der Waals surface area contributed by atoms with E-state index in [0.717, 1.165) is 38.5 Å². The van der Waals surface area contributed by atoms with Crippen LogP contribution in [-0.4, -0.2) is 57.3 Å². The zero-order valence-corrected chi connectivity index (χ0v) is 38.5. The number of aliphatic hydroxyl groups excluding tert-OH is 4. The van der Waals surface area contributed by atoms with Gasteiger partial charge in [-0.25, -0.2) is 0 Å². The maximum absolute atomic E-state index is 12.5. The fourth-order valence-corrected chi connectivity index (χ4v) is 7.77. The van der Waals surface area contributed by atoms with Crippen molar-refractivity contribution in [2.24, 2.45) is 0 Å². The van der Waals surface area contributed by atoms with Crippen LogP contribution in [0.5, 0.6) is 0 Å². The Labute approximate surface area is 360 Å². The second-order valence-corrected chi connectivity index (χ2v) is 17.5. The standard InChI is InChI=1S/C52H99NO5/c1-3-5-7-9-11-13-15-17-19-20-21-22-23-24-25-26-27-28-29-30-32-34-36-38-40-42-44-46-50(56)52(58)53-48(47-54)51(57)49(55)45-43-41-39-37-35-33-31-18-16-14-12-10-8-6-4-2/h18,24-25,31,37,39,48-51,54-57H,3-17,19-23,26-30,32-36,38,40-47H2,1-2H3,(H,53,58)/b25-24-,31-18+,39-37+. The molecule has 0 aromatic heterocycles. The van der Waals surface area contributed by atoms with Crippen LogP contribution < -0.4 is 5.32 Å². The summed E-state index contributed by atoms with van der Waals surface area (Å²) in [6.45, 7) is 4.04. The van der Waals surface area contributed by atoms with Gasteiger partial charge in [-0.2, -0.15) is 0 Å². The molecule has 342 valence electrons. The first kappa shape index (κ1) is 56.5. The minimum absolute atomic E-state index is 0.360. The number of rotatable bonds is 46. The smallest absolute Gasteiger partial charge is 0.249 e. The first-order chi connectivity index (χ1) is 28.5. The second-order valence-electron chi connectivity index (χ2n) is 17.5. The summed E-state index contributed by atoms with van der Waals surface area (Å²) in [5.41, 5.74) is 0. The van der Waals surface area contributed by atoms with Crippen LogP contribution >= 0.6 is 0 Å². The number of allylic oxidation sites excluding steroid dienone is 6. The molecule has 0 aliphatic heterocycles. The molecule has 6 nitrogen and oxygen atoms in total. The van der Waals surface area contributed by atoms with E-state index in [-0.39, 0.29) is 0 Å². The Bertz CT molecular complexity index is 919. The molecule has 0 radical (unpaired) electrons. The van der Waals surface area contributed by atoms with Crippen molar-refractivity contribution in [1.82, 2.24) is 5.32 Å². The third-order valence-electron chi connectivity index (χ3n) is 11.8. The van der Waals surface area contributed by atoms with E-state index in [1.165, 1.54) is 186 Å². The number of carbonyl (C=O) groups excluding carboxylic acids is 1. The largest absolute Gasteiger partial charge is 0.394 e. The highest BCUT2D eigenvalue weighted by Crippen LogP contribution is 2.16. The van der Waals surface area contributed by atoms with Gasteiger partial charge in [-0.3, -0.25) is 4.79 Å². The van der Waals surface area contributed by atoms with Crippen molar-refractivity contribution in [1.29, 1.82) is 0 Å². The normalized spacial score (nSPS) is 14.2. The van der Waals surface area contributed by atoms with Gasteiger partial charge in [0.2, 0.25) is 5.91 Å². The van der Waals surface area contributed by atoms with Gasteiger partial charge in [0.15, 0.2) is 0 Å². The lowest BCUT2D eigenvalue weighted by Crippen LogP contribution is -2.53. The van der Waals surface area contributed by atoms with E-state index in [2.05, 4.69) is 55.6 Å². The number of hydrogen-bond acceptors (Lipinski definition) is 5. The number of amides is 1. The van der Waals surface area contributed by atoms with Crippen LogP contribution in [0, 0.1) is 0 Å². The summed E-state index contributed by atoms with van der Waals surface area (Å²) in [6.07, 6.45) is 56.3. The van der Waals surface area contributed by atoms with Crippen molar-refractivity contribution in [3.05, 3.63) is 36.5 Å². The first-order valence-corrected chi connectivity index (χ1v) is 25.4. The van der Waals surface area contributed by atoms with Gasteiger partial charge in [-0.1, -0.05) is 217 Å². The highest BCUT2D eigenvalue weighted by Gasteiger charge is 2.28. The zero-order chi connectivity index (χ0) is 42.4. The van der Waals surface area contributed by atoms with Gasteiger partial charge in [0.05, 0.1) is 18.8 Å². The average Bonchev–Trinajstić information content (AvgIpc) is 3.23. The van der Waals surface area contributed by atoms with Crippen LogP contribution in [0.4, 0.5) is 0 Å². The summed E-state index contributed by atoms with van der Waals surface area (Å²) in [7, 11) is 0. The molecule has 1 amide bonds. The monoisotopic (exact) mass is 818 g/mol. The van der Waals surface area contributed by atoms with Crippen LogP contribution in [0.1, 0.15) is 258 Å². The Morgan fingerprint density at radius 3 is 1.09 bits per heavy atom. The molecule has 0 aliphatic carbocycles. The van der Waals surface area contributed by atoms with Gasteiger partial charge in [0, 0.05) is 0 Å². The van der Waals surface area contributed by atoms with Gasteiger partial charge in [0.25, 0.3) is 0 Å². The topological polar surface area (TPSA) is 110 Å². The minimum atomic E-state index is -1.29. The van der Waals surface area contributed by atoms with Crippen molar-refractivity contribution >= 4 is 5.91 Å². The van der Waals surface area contributed by atoms with Crippen LogP contribution in [0.3, 0.4) is 0 Å². The van der Waals surface area contributed by atoms with Crippen molar-refractivity contribution in [3.8, 4) is 0 Å². The van der Waals surface area contributed by atoms with E-state index in [9.17, 15) is 25.2 Å². The number of carbonyl (C=O) groups is 1. The molecule has 0 rings (SSSR count). The van der Waals surface area contributed by atoms with Crippen molar-refractivity contribution < 1.29 is 25.2 Å². The molecule has 0 aromatic carbocycles. The van der Waals surface area contributed by atoms with Gasteiger partial charge >= 0.3 is 0 Å². The molecular formula is C52H99NO5. The van der Waals surface area contributed by atoms with Crippen molar-refractivity contribution in [3.63, 3.8) is 0 Å². The first-order valence-electron chi connectivity index (χ1n) is 25.4. The van der Waals surface area contributed by atoms with Gasteiger partial charge in [-0.15, -0.1) is 0 Å². The lowest BCUT2D eigenvalue weighted by atomic mass is 10.00. The van der Waals surface area contributed by atoms with E-state index in [4.69, 9.17) is 0 Å². The molecular weight excluding hydrogens is 719 g/mol. The van der Waals surface area contributed by atoms with E-state index >= 15 is 0 Å². The van der Waals surface area contributed by atoms with Gasteiger partial charge < -0.3 is 25.7 Å². The molecule has 0 aromatic rings. The third kappa shape index (κ3) is 40.0. The van der Waals surface area contributed by atoms with Crippen molar-refractivity contribution in [2.75, 3.05) is 6.61 Å². The Hall–Kier alpha value is -1.47. The molecule has 4 atom stereocenters. The Kier molecular flexibility index (Phi) is 45.4. The minimum Gasteiger partial charge on any atom is -0.394 e. The van der Waals surface area contributed by atoms with E-state index in [1.807, 2.05) is 0 Å². The quantitative estimate of drug-likeness (QED) is 0.0310. The third-order valence-corrected chi connectivity index (χ3v) is 11.8. The maximum atomic E-state index is 12.5. The summed E-state index contributed by atoms with van der Waals surface area (Å²) in [5, 5.41) is 43.7. The summed E-state index contributed by atoms with van der Waals surface area (Å²) in [6, 6.07) is -1.01. The number of nitrogens with one attached hydrogen (secondary N) is 1. The molecule has 0 saturated carbocycles. The summed E-state index contributed by atoms with van der Waals surface area (Å²) >= 11 is 0. The van der Waals surface area contributed by atoms with Crippen LogP contribution in [-0.2, 0) is 4.79 Å². The van der Waals surface area contributed by atoms with E-state index in [0.29, 0.717) is 19.3 Å². The zero-order valence-electron chi connectivity index (χ0n) is 38.5. The predicted octanol–water partition coefficient (Wildman–Crippen LogP) is 14.1. The number of hydrogen-bond donors (Lipinski definition) is 5. The second kappa shape index (κ2) is 46.6. The van der Waals surface area contributed by atoms with Crippen LogP contribution in [0.15, 0.2) is 36.5 Å². The summed E-state index contributed by atoms with van der Waals surface area (Å²) < 4.78 is 0. The van der Waals surface area contributed by atoms with Gasteiger partial charge in [-0.05, 0) is 77.0 Å². The van der Waals surface area contributed by atoms with E-state index < -0.39 is 36.9 Å². The SMILES string of the molecule is CCCCCCCC/C=C/CC/C=C/CCCC(O)C(O)C(CO)NC(=O)C(O)CCCCCCCCCCCCC/C=C\CCCCCCCCCCCCCC. The molecule has 5 N–H and O–H groups in total. The van der Waals surface area contributed by atoms with Crippen molar-refractivity contribution in [2.45, 2.75) is 282 Å².